The maximum absolute atomic E-state index is 13.0. The largest absolute Gasteiger partial charge is 0.339 e. The Morgan fingerprint density at radius 2 is 1.57 bits per heavy atom. The molecule has 0 radical (unpaired) electrons. The maximum Gasteiger partial charge on any atom is 0.257 e. The van der Waals surface area contributed by atoms with Gasteiger partial charge in [-0.2, -0.15) is 0 Å². The SMILES string of the molecule is CC(=O)N1CCN(C(=O)c2c(-n3cccc3)sc(C)c2C)CC1. The van der Waals surface area contributed by atoms with Crippen molar-refractivity contribution < 1.29 is 9.59 Å². The number of carbonyl (C=O) groups is 2. The number of hydrogen-bond donors (Lipinski definition) is 0. The van der Waals surface area contributed by atoms with Crippen molar-refractivity contribution in [2.45, 2.75) is 20.8 Å². The molecule has 3 heterocycles. The van der Waals surface area contributed by atoms with E-state index >= 15 is 0 Å². The molecule has 1 fully saturated rings. The molecule has 1 aliphatic heterocycles. The minimum absolute atomic E-state index is 0.0683. The van der Waals surface area contributed by atoms with E-state index in [0.29, 0.717) is 26.2 Å². The standard InChI is InChI=1S/C17H21N3O2S/c1-12-13(2)23-17(20-6-4-5-7-20)15(12)16(22)19-10-8-18(9-11-19)14(3)21/h4-7H,8-11H2,1-3H3. The number of amides is 2. The summed E-state index contributed by atoms with van der Waals surface area (Å²) in [6.45, 7) is 8.06. The predicted octanol–water partition coefficient (Wildman–Crippen LogP) is 2.46. The molecule has 122 valence electrons. The summed E-state index contributed by atoms with van der Waals surface area (Å²) >= 11 is 1.65. The Kier molecular flexibility index (Phi) is 4.26. The van der Waals surface area contributed by atoms with Crippen LogP contribution in [0, 0.1) is 13.8 Å². The predicted molar refractivity (Wildman–Crippen MR) is 91.3 cm³/mol. The molecule has 0 bridgehead atoms. The van der Waals surface area contributed by atoms with Crippen LogP contribution in [-0.4, -0.2) is 52.4 Å². The Morgan fingerprint density at radius 3 is 2.13 bits per heavy atom. The minimum atomic E-state index is 0.0683. The van der Waals surface area contributed by atoms with Gasteiger partial charge in [0, 0.05) is 50.4 Å². The van der Waals surface area contributed by atoms with Gasteiger partial charge in [0.05, 0.1) is 5.56 Å². The van der Waals surface area contributed by atoms with Crippen LogP contribution >= 0.6 is 11.3 Å². The molecule has 0 saturated carbocycles. The quantitative estimate of drug-likeness (QED) is 0.848. The Morgan fingerprint density at radius 1 is 1.00 bits per heavy atom. The van der Waals surface area contributed by atoms with Crippen LogP contribution in [0.2, 0.25) is 0 Å². The summed E-state index contributed by atoms with van der Waals surface area (Å²) in [4.78, 5) is 29.3. The molecule has 6 heteroatoms. The fourth-order valence-electron chi connectivity index (χ4n) is 2.90. The lowest BCUT2D eigenvalue weighted by molar-refractivity contribution is -0.130. The molecule has 0 spiro atoms. The Hall–Kier alpha value is -2.08. The maximum atomic E-state index is 13.0. The first-order chi connectivity index (χ1) is 11.0. The first-order valence-electron chi connectivity index (χ1n) is 7.77. The Bertz CT molecular complexity index is 725. The van der Waals surface area contributed by atoms with Gasteiger partial charge >= 0.3 is 0 Å². The van der Waals surface area contributed by atoms with E-state index in [0.717, 1.165) is 16.1 Å². The van der Waals surface area contributed by atoms with E-state index in [1.165, 1.54) is 4.88 Å². The van der Waals surface area contributed by atoms with Crippen molar-refractivity contribution in [3.63, 3.8) is 0 Å². The molecule has 3 rings (SSSR count). The van der Waals surface area contributed by atoms with E-state index in [-0.39, 0.29) is 11.8 Å². The lowest BCUT2D eigenvalue weighted by atomic mass is 10.1. The van der Waals surface area contributed by atoms with E-state index in [4.69, 9.17) is 0 Å². The van der Waals surface area contributed by atoms with E-state index in [1.807, 2.05) is 40.9 Å². The molecule has 0 atom stereocenters. The van der Waals surface area contributed by atoms with Crippen LogP contribution in [0.15, 0.2) is 24.5 Å². The molecule has 23 heavy (non-hydrogen) atoms. The first kappa shape index (κ1) is 15.8. The van der Waals surface area contributed by atoms with Gasteiger partial charge in [-0.1, -0.05) is 0 Å². The van der Waals surface area contributed by atoms with E-state index in [9.17, 15) is 9.59 Å². The molecule has 0 aliphatic carbocycles. The van der Waals surface area contributed by atoms with E-state index in [1.54, 1.807) is 23.2 Å². The van der Waals surface area contributed by atoms with Gasteiger partial charge < -0.3 is 14.4 Å². The molecular formula is C17H21N3O2S. The lowest BCUT2D eigenvalue weighted by Gasteiger charge is -2.34. The number of nitrogens with zero attached hydrogens (tertiary/aromatic N) is 3. The van der Waals surface area contributed by atoms with Crippen molar-refractivity contribution in [3.8, 4) is 5.00 Å². The molecule has 1 saturated heterocycles. The third-order valence-electron chi connectivity index (χ3n) is 4.43. The van der Waals surface area contributed by atoms with Gasteiger partial charge in [-0.25, -0.2) is 0 Å². The van der Waals surface area contributed by atoms with Crippen molar-refractivity contribution in [1.82, 2.24) is 14.4 Å². The van der Waals surface area contributed by atoms with Gasteiger partial charge in [-0.05, 0) is 31.5 Å². The zero-order valence-corrected chi connectivity index (χ0v) is 14.5. The number of aromatic nitrogens is 1. The van der Waals surface area contributed by atoms with Crippen LogP contribution in [0.1, 0.15) is 27.7 Å². The van der Waals surface area contributed by atoms with Gasteiger partial charge in [0.2, 0.25) is 5.91 Å². The summed E-state index contributed by atoms with van der Waals surface area (Å²) in [6, 6.07) is 3.93. The first-order valence-corrected chi connectivity index (χ1v) is 8.59. The van der Waals surface area contributed by atoms with Crippen LogP contribution in [0.25, 0.3) is 5.00 Å². The Balaban J connectivity index is 1.87. The number of aryl methyl sites for hydroxylation is 1. The number of rotatable bonds is 2. The average molecular weight is 331 g/mol. The van der Waals surface area contributed by atoms with Crippen molar-refractivity contribution in [3.05, 3.63) is 40.5 Å². The normalized spacial score (nSPS) is 15.1. The average Bonchev–Trinajstić information content (AvgIpc) is 3.16. The smallest absolute Gasteiger partial charge is 0.257 e. The number of hydrogen-bond acceptors (Lipinski definition) is 3. The molecule has 0 N–H and O–H groups in total. The van der Waals surface area contributed by atoms with Crippen molar-refractivity contribution in [1.29, 1.82) is 0 Å². The van der Waals surface area contributed by atoms with Crippen molar-refractivity contribution in [2.75, 3.05) is 26.2 Å². The fraction of sp³-hybridized carbons (Fsp3) is 0.412. The summed E-state index contributed by atoms with van der Waals surface area (Å²) in [5, 5.41) is 0.976. The topological polar surface area (TPSA) is 45.6 Å². The molecule has 2 amide bonds. The van der Waals surface area contributed by atoms with Gasteiger partial charge in [0.1, 0.15) is 5.00 Å². The number of thiophene rings is 1. The van der Waals surface area contributed by atoms with E-state index < -0.39 is 0 Å². The van der Waals surface area contributed by atoms with Crippen molar-refractivity contribution >= 4 is 23.2 Å². The summed E-state index contributed by atoms with van der Waals surface area (Å²) in [7, 11) is 0. The highest BCUT2D eigenvalue weighted by Crippen LogP contribution is 2.32. The lowest BCUT2D eigenvalue weighted by Crippen LogP contribution is -2.50. The molecule has 0 aromatic carbocycles. The van der Waals surface area contributed by atoms with E-state index in [2.05, 4.69) is 6.92 Å². The summed E-state index contributed by atoms with van der Waals surface area (Å²) in [6.07, 6.45) is 3.93. The van der Waals surface area contributed by atoms with Gasteiger partial charge in [0.25, 0.3) is 5.91 Å². The number of piperazine rings is 1. The highest BCUT2D eigenvalue weighted by molar-refractivity contribution is 7.15. The van der Waals surface area contributed by atoms with Gasteiger partial charge in [-0.3, -0.25) is 9.59 Å². The van der Waals surface area contributed by atoms with Crippen LogP contribution < -0.4 is 0 Å². The third kappa shape index (κ3) is 2.91. The monoisotopic (exact) mass is 331 g/mol. The fourth-order valence-corrected chi connectivity index (χ4v) is 4.01. The zero-order chi connectivity index (χ0) is 16.6. The molecular weight excluding hydrogens is 310 g/mol. The molecule has 0 unspecified atom stereocenters. The summed E-state index contributed by atoms with van der Waals surface area (Å²) in [5.41, 5.74) is 1.85. The van der Waals surface area contributed by atoms with Crippen LogP contribution in [0.4, 0.5) is 0 Å². The molecule has 1 aliphatic rings. The summed E-state index contributed by atoms with van der Waals surface area (Å²) < 4.78 is 2.00. The highest BCUT2D eigenvalue weighted by Gasteiger charge is 2.28. The minimum Gasteiger partial charge on any atom is -0.339 e. The summed E-state index contributed by atoms with van der Waals surface area (Å²) in [5.74, 6) is 0.145. The van der Waals surface area contributed by atoms with Crippen molar-refractivity contribution in [2.24, 2.45) is 0 Å². The molecule has 2 aromatic heterocycles. The molecule has 2 aromatic rings. The van der Waals surface area contributed by atoms with Crippen LogP contribution in [0.5, 0.6) is 0 Å². The second kappa shape index (κ2) is 6.20. The van der Waals surface area contributed by atoms with Crippen LogP contribution in [-0.2, 0) is 4.79 Å². The zero-order valence-electron chi connectivity index (χ0n) is 13.7. The third-order valence-corrected chi connectivity index (χ3v) is 5.65. The van der Waals surface area contributed by atoms with Gasteiger partial charge in [0.15, 0.2) is 0 Å². The highest BCUT2D eigenvalue weighted by atomic mass is 32.1. The Labute approximate surface area is 140 Å². The second-order valence-electron chi connectivity index (χ2n) is 5.85. The second-order valence-corrected chi connectivity index (χ2v) is 7.06. The van der Waals surface area contributed by atoms with Crippen LogP contribution in [0.3, 0.4) is 0 Å². The molecule has 5 nitrogen and oxygen atoms in total. The van der Waals surface area contributed by atoms with Gasteiger partial charge in [-0.15, -0.1) is 11.3 Å². The number of carbonyl (C=O) groups excluding carboxylic acids is 2.